The number of hydrogen-bond donors (Lipinski definition) is 4. The van der Waals surface area contributed by atoms with Crippen molar-refractivity contribution in [1.29, 1.82) is 0 Å². The number of carbonyl (C=O) groups is 2. The van der Waals surface area contributed by atoms with Crippen molar-refractivity contribution in [2.45, 2.75) is 19.0 Å². The number of carboxylic acid groups (broad SMARTS) is 1. The topological polar surface area (TPSA) is 112 Å². The minimum atomic E-state index is -0.993. The van der Waals surface area contributed by atoms with Gasteiger partial charge in [-0.05, 0) is 36.2 Å². The third-order valence-electron chi connectivity index (χ3n) is 3.26. The van der Waals surface area contributed by atoms with Gasteiger partial charge in [0.05, 0.1) is 17.9 Å². The van der Waals surface area contributed by atoms with Gasteiger partial charge in [-0.3, -0.25) is 0 Å². The average molecular weight is 318 g/mol. The summed E-state index contributed by atoms with van der Waals surface area (Å²) in [6.45, 7) is 0.179. The highest BCUT2D eigenvalue weighted by atomic mass is 16.4. The zero-order valence-corrected chi connectivity index (χ0v) is 12.4. The number of aromatic carboxylic acids is 1. The summed E-state index contributed by atoms with van der Waals surface area (Å²) in [6.07, 6.45) is 1.84. The fourth-order valence-electron chi connectivity index (χ4n) is 2.06. The summed E-state index contributed by atoms with van der Waals surface area (Å²) in [4.78, 5) is 22.7. The number of urea groups is 1. The van der Waals surface area contributed by atoms with E-state index in [0.29, 0.717) is 12.2 Å². The lowest BCUT2D eigenvalue weighted by molar-refractivity contribution is 0.0697. The lowest BCUT2D eigenvalue weighted by Gasteiger charge is -2.16. The molecule has 122 valence electrons. The first-order valence-electron chi connectivity index (χ1n) is 7.11. The van der Waals surface area contributed by atoms with Gasteiger partial charge in [0.1, 0.15) is 5.76 Å². The maximum Gasteiger partial charge on any atom is 0.335 e. The van der Waals surface area contributed by atoms with Crippen molar-refractivity contribution in [3.05, 3.63) is 59.5 Å². The minimum Gasteiger partial charge on any atom is -0.478 e. The van der Waals surface area contributed by atoms with E-state index in [9.17, 15) is 9.59 Å². The molecule has 0 fully saturated rings. The molecule has 1 atom stereocenters. The van der Waals surface area contributed by atoms with Crippen molar-refractivity contribution >= 4 is 12.0 Å². The van der Waals surface area contributed by atoms with Crippen LogP contribution in [-0.2, 0) is 6.54 Å². The van der Waals surface area contributed by atoms with Crippen molar-refractivity contribution in [3.8, 4) is 0 Å². The third-order valence-corrected chi connectivity index (χ3v) is 3.26. The van der Waals surface area contributed by atoms with E-state index < -0.39 is 18.0 Å². The molecule has 2 amide bonds. The smallest absolute Gasteiger partial charge is 0.335 e. The summed E-state index contributed by atoms with van der Waals surface area (Å²) >= 11 is 0. The van der Waals surface area contributed by atoms with Gasteiger partial charge in [0.15, 0.2) is 0 Å². The van der Waals surface area contributed by atoms with Crippen LogP contribution in [0, 0.1) is 0 Å². The molecule has 7 heteroatoms. The summed E-state index contributed by atoms with van der Waals surface area (Å²) in [7, 11) is 0. The van der Waals surface area contributed by atoms with Crippen LogP contribution in [0.4, 0.5) is 4.79 Å². The van der Waals surface area contributed by atoms with Gasteiger partial charge >= 0.3 is 12.0 Å². The lowest BCUT2D eigenvalue weighted by atomic mass is 10.1. The molecule has 4 N–H and O–H groups in total. The molecule has 0 spiro atoms. The number of amides is 2. The van der Waals surface area contributed by atoms with E-state index in [2.05, 4.69) is 10.6 Å². The lowest BCUT2D eigenvalue weighted by Crippen LogP contribution is -2.37. The molecule has 1 unspecified atom stereocenters. The van der Waals surface area contributed by atoms with Crippen LogP contribution < -0.4 is 10.6 Å². The molecule has 7 nitrogen and oxygen atoms in total. The molecule has 0 radical (unpaired) electrons. The highest BCUT2D eigenvalue weighted by Crippen LogP contribution is 2.16. The Bertz CT molecular complexity index is 637. The zero-order chi connectivity index (χ0) is 16.7. The van der Waals surface area contributed by atoms with Gasteiger partial charge in [0.25, 0.3) is 0 Å². The van der Waals surface area contributed by atoms with Gasteiger partial charge in [0, 0.05) is 13.2 Å². The molecular formula is C16H18N2O5. The second kappa shape index (κ2) is 8.00. The Kier molecular flexibility index (Phi) is 5.76. The second-order valence-electron chi connectivity index (χ2n) is 4.91. The van der Waals surface area contributed by atoms with Crippen molar-refractivity contribution in [3.63, 3.8) is 0 Å². The number of aliphatic hydroxyl groups is 1. The van der Waals surface area contributed by atoms with Gasteiger partial charge in [-0.2, -0.15) is 0 Å². The summed E-state index contributed by atoms with van der Waals surface area (Å²) in [5.74, 6) is -0.424. The van der Waals surface area contributed by atoms with E-state index in [-0.39, 0.29) is 18.7 Å². The Labute approximate surface area is 132 Å². The molecule has 0 bridgehead atoms. The highest BCUT2D eigenvalue weighted by molar-refractivity contribution is 5.87. The molecule has 0 saturated carbocycles. The second-order valence-corrected chi connectivity index (χ2v) is 4.91. The third kappa shape index (κ3) is 4.86. The predicted octanol–water partition coefficient (Wildman–Crippen LogP) is 1.90. The van der Waals surface area contributed by atoms with Crippen LogP contribution in [0.3, 0.4) is 0 Å². The minimum absolute atomic E-state index is 0.0811. The molecule has 0 aliphatic carbocycles. The standard InChI is InChI=1S/C16H18N2O5/c19-8-7-13(14-2-1-9-23-14)18-16(22)17-10-11-3-5-12(6-4-11)15(20)21/h1-6,9,13,19H,7-8,10H2,(H,20,21)(H2,17,18,22). The van der Waals surface area contributed by atoms with Gasteiger partial charge in [-0.25, -0.2) is 9.59 Å². The molecule has 1 aromatic heterocycles. The van der Waals surface area contributed by atoms with Crippen LogP contribution >= 0.6 is 0 Å². The van der Waals surface area contributed by atoms with E-state index in [4.69, 9.17) is 14.6 Å². The number of furan rings is 1. The first kappa shape index (κ1) is 16.6. The van der Waals surface area contributed by atoms with Crippen molar-refractivity contribution < 1.29 is 24.2 Å². The van der Waals surface area contributed by atoms with E-state index >= 15 is 0 Å². The normalized spacial score (nSPS) is 11.7. The first-order chi connectivity index (χ1) is 11.1. The van der Waals surface area contributed by atoms with Gasteiger partial charge in [-0.1, -0.05) is 12.1 Å². The summed E-state index contributed by atoms with van der Waals surface area (Å²) < 4.78 is 5.24. The zero-order valence-electron chi connectivity index (χ0n) is 12.4. The maximum atomic E-state index is 11.9. The summed E-state index contributed by atoms with van der Waals surface area (Å²) in [5.41, 5.74) is 0.973. The molecule has 2 rings (SSSR count). The number of aliphatic hydroxyl groups excluding tert-OH is 1. The van der Waals surface area contributed by atoms with Crippen molar-refractivity contribution in [2.75, 3.05) is 6.61 Å². The van der Waals surface area contributed by atoms with Crippen LogP contribution in [0.1, 0.15) is 34.1 Å². The SMILES string of the molecule is O=C(NCc1ccc(C(=O)O)cc1)NC(CCO)c1ccco1. The number of carboxylic acids is 1. The van der Waals surface area contributed by atoms with E-state index in [0.717, 1.165) is 5.56 Å². The first-order valence-corrected chi connectivity index (χ1v) is 7.11. The molecule has 0 saturated heterocycles. The number of carbonyl (C=O) groups excluding carboxylic acids is 1. The molecule has 1 aromatic carbocycles. The predicted molar refractivity (Wildman–Crippen MR) is 81.9 cm³/mol. The molecule has 2 aromatic rings. The van der Waals surface area contributed by atoms with E-state index in [1.807, 2.05) is 0 Å². The van der Waals surface area contributed by atoms with Gasteiger partial charge in [0.2, 0.25) is 0 Å². The Balaban J connectivity index is 1.87. The Hall–Kier alpha value is -2.80. The van der Waals surface area contributed by atoms with Crippen LogP contribution in [0.2, 0.25) is 0 Å². The van der Waals surface area contributed by atoms with Crippen molar-refractivity contribution in [2.24, 2.45) is 0 Å². The van der Waals surface area contributed by atoms with Crippen LogP contribution in [0.5, 0.6) is 0 Å². The number of nitrogens with one attached hydrogen (secondary N) is 2. The quantitative estimate of drug-likeness (QED) is 0.623. The Morgan fingerprint density at radius 3 is 2.48 bits per heavy atom. The summed E-state index contributed by atoms with van der Waals surface area (Å²) in [5, 5.41) is 23.3. The van der Waals surface area contributed by atoms with Gasteiger partial charge < -0.3 is 25.3 Å². The molecule has 23 heavy (non-hydrogen) atoms. The average Bonchev–Trinajstić information content (AvgIpc) is 3.07. The van der Waals surface area contributed by atoms with Crippen molar-refractivity contribution in [1.82, 2.24) is 10.6 Å². The Morgan fingerprint density at radius 2 is 1.91 bits per heavy atom. The monoisotopic (exact) mass is 318 g/mol. The van der Waals surface area contributed by atoms with E-state index in [1.54, 1.807) is 24.3 Å². The fourth-order valence-corrected chi connectivity index (χ4v) is 2.06. The van der Waals surface area contributed by atoms with Crippen LogP contribution in [0.25, 0.3) is 0 Å². The van der Waals surface area contributed by atoms with E-state index in [1.165, 1.54) is 18.4 Å². The summed E-state index contributed by atoms with van der Waals surface area (Å²) in [6, 6.07) is 8.87. The molecule has 1 heterocycles. The maximum absolute atomic E-state index is 11.9. The van der Waals surface area contributed by atoms with Crippen LogP contribution in [0.15, 0.2) is 47.1 Å². The van der Waals surface area contributed by atoms with Crippen LogP contribution in [-0.4, -0.2) is 28.8 Å². The highest BCUT2D eigenvalue weighted by Gasteiger charge is 2.16. The number of benzene rings is 1. The van der Waals surface area contributed by atoms with Gasteiger partial charge in [-0.15, -0.1) is 0 Å². The molecule has 0 aliphatic heterocycles. The largest absolute Gasteiger partial charge is 0.478 e. The Morgan fingerprint density at radius 1 is 1.17 bits per heavy atom. The fraction of sp³-hybridized carbons (Fsp3) is 0.250. The number of rotatable bonds is 7. The molecule has 0 aliphatic rings. The number of hydrogen-bond acceptors (Lipinski definition) is 4. The molecular weight excluding hydrogens is 300 g/mol.